The van der Waals surface area contributed by atoms with Gasteiger partial charge >= 0.3 is 0 Å². The molecule has 146 valence electrons. The number of methoxy groups -OCH3 is 1. The average molecular weight is 381 g/mol. The number of nitrogens with one attached hydrogen (secondary N) is 2. The van der Waals surface area contributed by atoms with E-state index >= 15 is 0 Å². The first-order valence-corrected chi connectivity index (χ1v) is 10.0. The van der Waals surface area contributed by atoms with Crippen molar-refractivity contribution in [1.82, 2.24) is 15.5 Å². The van der Waals surface area contributed by atoms with E-state index in [2.05, 4.69) is 36.3 Å². The van der Waals surface area contributed by atoms with Crippen LogP contribution in [-0.2, 0) is 6.42 Å². The highest BCUT2D eigenvalue weighted by molar-refractivity contribution is 6.31. The summed E-state index contributed by atoms with van der Waals surface area (Å²) in [5, 5.41) is 7.68. The van der Waals surface area contributed by atoms with E-state index in [1.54, 1.807) is 7.11 Å². The predicted octanol–water partition coefficient (Wildman–Crippen LogP) is 3.32. The fourth-order valence-corrected chi connectivity index (χ4v) is 3.48. The van der Waals surface area contributed by atoms with Crippen molar-refractivity contribution >= 4 is 17.6 Å². The first kappa shape index (κ1) is 20.8. The first-order chi connectivity index (χ1) is 12.5. The summed E-state index contributed by atoms with van der Waals surface area (Å²) in [4.78, 5) is 7.27. The number of ether oxygens (including phenoxy) is 1. The van der Waals surface area contributed by atoms with Gasteiger partial charge in [-0.05, 0) is 57.7 Å². The zero-order valence-corrected chi connectivity index (χ0v) is 17.3. The van der Waals surface area contributed by atoms with E-state index in [0.29, 0.717) is 18.6 Å². The van der Waals surface area contributed by atoms with E-state index in [0.717, 1.165) is 61.2 Å². The molecule has 1 aromatic carbocycles. The van der Waals surface area contributed by atoms with Gasteiger partial charge in [-0.1, -0.05) is 17.7 Å². The highest BCUT2D eigenvalue weighted by Crippen LogP contribution is 2.22. The Labute approximate surface area is 163 Å². The summed E-state index contributed by atoms with van der Waals surface area (Å²) >= 11 is 6.32. The summed E-state index contributed by atoms with van der Waals surface area (Å²) in [6.07, 6.45) is 3.13. The summed E-state index contributed by atoms with van der Waals surface area (Å²) in [5.74, 6) is 1.69. The Bertz CT molecular complexity index is 583. The second-order valence-electron chi connectivity index (χ2n) is 7.02. The molecule has 1 heterocycles. The maximum atomic E-state index is 6.32. The quantitative estimate of drug-likeness (QED) is 0.562. The van der Waals surface area contributed by atoms with Crippen LogP contribution in [0.1, 0.15) is 39.2 Å². The molecule has 26 heavy (non-hydrogen) atoms. The van der Waals surface area contributed by atoms with E-state index in [1.807, 2.05) is 18.2 Å². The predicted molar refractivity (Wildman–Crippen MR) is 111 cm³/mol. The van der Waals surface area contributed by atoms with Crippen LogP contribution in [0.3, 0.4) is 0 Å². The summed E-state index contributed by atoms with van der Waals surface area (Å²) in [5.41, 5.74) is 1.09. The lowest BCUT2D eigenvalue weighted by molar-refractivity contribution is 0.167. The summed E-state index contributed by atoms with van der Waals surface area (Å²) in [6.45, 7) is 10.5. The van der Waals surface area contributed by atoms with E-state index in [1.165, 1.54) is 0 Å². The Morgan fingerprint density at radius 2 is 2.08 bits per heavy atom. The number of rotatable bonds is 7. The number of likely N-dealkylation sites (tertiary alicyclic amines) is 1. The highest BCUT2D eigenvalue weighted by atomic mass is 35.5. The molecule has 0 unspecified atom stereocenters. The molecule has 0 atom stereocenters. The summed E-state index contributed by atoms with van der Waals surface area (Å²) < 4.78 is 5.20. The molecule has 1 aliphatic rings. The van der Waals surface area contributed by atoms with Gasteiger partial charge in [0.25, 0.3) is 0 Å². The maximum Gasteiger partial charge on any atom is 0.191 e. The fraction of sp³-hybridized carbons (Fsp3) is 0.650. The van der Waals surface area contributed by atoms with Crippen molar-refractivity contribution < 1.29 is 4.74 Å². The lowest BCUT2D eigenvalue weighted by Crippen LogP contribution is -2.49. The van der Waals surface area contributed by atoms with Gasteiger partial charge in [0.2, 0.25) is 0 Å². The largest absolute Gasteiger partial charge is 0.497 e. The molecule has 1 aliphatic heterocycles. The van der Waals surface area contributed by atoms with Gasteiger partial charge in [-0.15, -0.1) is 0 Å². The lowest BCUT2D eigenvalue weighted by atomic mass is 10.0. The average Bonchev–Trinajstić information content (AvgIpc) is 2.63. The Hall–Kier alpha value is -1.46. The molecule has 0 aliphatic carbocycles. The van der Waals surface area contributed by atoms with Crippen molar-refractivity contribution in [1.29, 1.82) is 0 Å². The highest BCUT2D eigenvalue weighted by Gasteiger charge is 2.21. The molecule has 1 aromatic rings. The van der Waals surface area contributed by atoms with Crippen LogP contribution < -0.4 is 15.4 Å². The van der Waals surface area contributed by atoms with E-state index < -0.39 is 0 Å². The molecule has 1 saturated heterocycles. The van der Waals surface area contributed by atoms with Crippen LogP contribution in [-0.4, -0.2) is 56.2 Å². The molecule has 1 fully saturated rings. The van der Waals surface area contributed by atoms with Gasteiger partial charge in [0.15, 0.2) is 5.96 Å². The fourth-order valence-electron chi connectivity index (χ4n) is 3.22. The standard InChI is InChI=1S/C20H33ClN4O/c1-5-22-20(24-17-9-12-25(13-10-17)15(2)3)23-11-8-16-6-7-18(26-4)14-19(16)21/h6-7,14-15,17H,5,8-13H2,1-4H3,(H2,22,23,24). The van der Waals surface area contributed by atoms with Gasteiger partial charge in [-0.25, -0.2) is 0 Å². The molecular weight excluding hydrogens is 348 g/mol. The Morgan fingerprint density at radius 3 is 2.65 bits per heavy atom. The van der Waals surface area contributed by atoms with Crippen LogP contribution in [0.15, 0.2) is 23.2 Å². The van der Waals surface area contributed by atoms with Gasteiger partial charge in [-0.2, -0.15) is 0 Å². The Balaban J connectivity index is 1.86. The molecule has 0 aromatic heterocycles. The van der Waals surface area contributed by atoms with Gasteiger partial charge in [0.05, 0.1) is 7.11 Å². The topological polar surface area (TPSA) is 48.9 Å². The maximum absolute atomic E-state index is 6.32. The number of hydrogen-bond donors (Lipinski definition) is 2. The van der Waals surface area contributed by atoms with E-state index in [4.69, 9.17) is 21.3 Å². The zero-order valence-electron chi connectivity index (χ0n) is 16.5. The number of nitrogens with zero attached hydrogens (tertiary/aromatic N) is 2. The second-order valence-corrected chi connectivity index (χ2v) is 7.42. The van der Waals surface area contributed by atoms with Crippen molar-refractivity contribution in [3.8, 4) is 5.75 Å². The zero-order chi connectivity index (χ0) is 18.9. The van der Waals surface area contributed by atoms with Crippen LogP contribution >= 0.6 is 11.6 Å². The van der Waals surface area contributed by atoms with E-state index in [9.17, 15) is 0 Å². The third-order valence-corrected chi connectivity index (χ3v) is 5.21. The van der Waals surface area contributed by atoms with E-state index in [-0.39, 0.29) is 0 Å². The molecule has 6 heteroatoms. The molecular formula is C20H33ClN4O. The van der Waals surface area contributed by atoms with Gasteiger partial charge in [0.1, 0.15) is 5.75 Å². The normalized spacial score (nSPS) is 16.8. The first-order valence-electron chi connectivity index (χ1n) is 9.64. The second kappa shape index (κ2) is 10.6. The third kappa shape index (κ3) is 6.36. The van der Waals surface area contributed by atoms with Crippen LogP contribution in [0.2, 0.25) is 5.02 Å². The Morgan fingerprint density at radius 1 is 1.35 bits per heavy atom. The molecule has 0 spiro atoms. The Kier molecular flexibility index (Phi) is 8.52. The molecule has 2 N–H and O–H groups in total. The van der Waals surface area contributed by atoms with Crippen molar-refractivity contribution in [2.24, 2.45) is 4.99 Å². The van der Waals surface area contributed by atoms with Gasteiger partial charge in [-0.3, -0.25) is 4.99 Å². The smallest absolute Gasteiger partial charge is 0.191 e. The van der Waals surface area contributed by atoms with Crippen LogP contribution in [0.4, 0.5) is 0 Å². The summed E-state index contributed by atoms with van der Waals surface area (Å²) in [7, 11) is 1.65. The molecule has 0 saturated carbocycles. The number of benzene rings is 1. The van der Waals surface area contributed by atoms with Crippen LogP contribution in [0.25, 0.3) is 0 Å². The SMILES string of the molecule is CCNC(=NCCc1ccc(OC)cc1Cl)NC1CCN(C(C)C)CC1. The lowest BCUT2D eigenvalue weighted by Gasteiger charge is -2.35. The minimum atomic E-state index is 0.493. The number of aliphatic imine (C=N–C) groups is 1. The number of guanidine groups is 1. The van der Waals surface area contributed by atoms with Crippen molar-refractivity contribution in [3.05, 3.63) is 28.8 Å². The number of hydrogen-bond acceptors (Lipinski definition) is 3. The van der Waals surface area contributed by atoms with Gasteiger partial charge < -0.3 is 20.3 Å². The third-order valence-electron chi connectivity index (χ3n) is 4.86. The van der Waals surface area contributed by atoms with Crippen molar-refractivity contribution in [2.45, 2.75) is 52.1 Å². The van der Waals surface area contributed by atoms with Crippen LogP contribution in [0.5, 0.6) is 5.75 Å². The molecule has 0 radical (unpaired) electrons. The molecule has 0 amide bonds. The summed E-state index contributed by atoms with van der Waals surface area (Å²) in [6, 6.07) is 6.93. The number of halogens is 1. The van der Waals surface area contributed by atoms with Crippen molar-refractivity contribution in [3.63, 3.8) is 0 Å². The van der Waals surface area contributed by atoms with Gasteiger partial charge in [0, 0.05) is 43.3 Å². The minimum absolute atomic E-state index is 0.493. The molecule has 5 nitrogen and oxygen atoms in total. The number of piperidine rings is 1. The molecule has 0 bridgehead atoms. The monoisotopic (exact) mass is 380 g/mol. The van der Waals surface area contributed by atoms with Crippen molar-refractivity contribution in [2.75, 3.05) is 33.3 Å². The molecule has 2 rings (SSSR count). The minimum Gasteiger partial charge on any atom is -0.497 e. The van der Waals surface area contributed by atoms with Crippen LogP contribution in [0, 0.1) is 0 Å².